The Bertz CT molecular complexity index is 224. The van der Waals surface area contributed by atoms with Gasteiger partial charge in [-0.25, -0.2) is 0 Å². The summed E-state index contributed by atoms with van der Waals surface area (Å²) in [6, 6.07) is 0. The number of rotatable bonds is 7. The first-order valence-corrected chi connectivity index (χ1v) is 7.82. The van der Waals surface area contributed by atoms with Gasteiger partial charge >= 0.3 is 0 Å². The van der Waals surface area contributed by atoms with Gasteiger partial charge in [0.15, 0.2) is 0 Å². The minimum atomic E-state index is 0.399. The first-order chi connectivity index (χ1) is 8.37. The van der Waals surface area contributed by atoms with Crippen molar-refractivity contribution >= 4 is 0 Å². The summed E-state index contributed by atoms with van der Waals surface area (Å²) in [6.45, 7) is 11.4. The van der Waals surface area contributed by atoms with Crippen molar-refractivity contribution in [3.63, 3.8) is 0 Å². The Morgan fingerprint density at radius 2 is 1.78 bits per heavy atom. The summed E-state index contributed by atoms with van der Waals surface area (Å²) < 4.78 is 0. The van der Waals surface area contributed by atoms with Gasteiger partial charge in [-0.15, -0.1) is 0 Å². The van der Waals surface area contributed by atoms with Gasteiger partial charge in [0, 0.05) is 5.54 Å². The largest absolute Gasteiger partial charge is 0.330 e. The van der Waals surface area contributed by atoms with Gasteiger partial charge < -0.3 is 11.1 Å². The summed E-state index contributed by atoms with van der Waals surface area (Å²) in [6.07, 6.45) is 9.29. The molecular formula is C16H34N2. The second kappa shape index (κ2) is 6.91. The van der Waals surface area contributed by atoms with Crippen molar-refractivity contribution in [3.05, 3.63) is 0 Å². The molecule has 18 heavy (non-hydrogen) atoms. The van der Waals surface area contributed by atoms with Gasteiger partial charge in [-0.3, -0.25) is 0 Å². The lowest BCUT2D eigenvalue weighted by Gasteiger charge is -2.31. The van der Waals surface area contributed by atoms with E-state index in [1.807, 2.05) is 0 Å². The van der Waals surface area contributed by atoms with Crippen LogP contribution >= 0.6 is 0 Å². The molecule has 2 nitrogen and oxygen atoms in total. The smallest absolute Gasteiger partial charge is 0.0153 e. The molecule has 1 unspecified atom stereocenters. The van der Waals surface area contributed by atoms with Crippen LogP contribution in [-0.4, -0.2) is 18.6 Å². The van der Waals surface area contributed by atoms with Crippen molar-refractivity contribution in [2.24, 2.45) is 17.1 Å². The van der Waals surface area contributed by atoms with Crippen LogP contribution in [0.5, 0.6) is 0 Å². The summed E-state index contributed by atoms with van der Waals surface area (Å²) in [5.41, 5.74) is 6.57. The molecule has 3 N–H and O–H groups in total. The molecule has 0 radical (unpaired) electrons. The highest BCUT2D eigenvalue weighted by Gasteiger charge is 2.28. The average Bonchev–Trinajstić information content (AvgIpc) is 2.69. The molecule has 1 saturated carbocycles. The summed E-state index contributed by atoms with van der Waals surface area (Å²) in [5, 5.41) is 3.78. The van der Waals surface area contributed by atoms with E-state index in [2.05, 4.69) is 33.0 Å². The summed E-state index contributed by atoms with van der Waals surface area (Å²) in [7, 11) is 0. The fourth-order valence-corrected chi connectivity index (χ4v) is 3.28. The lowest BCUT2D eigenvalue weighted by molar-refractivity contribution is 0.207. The zero-order valence-corrected chi connectivity index (χ0v) is 13.0. The molecule has 108 valence electrons. The lowest BCUT2D eigenvalue weighted by Crippen LogP contribution is -2.40. The first-order valence-electron chi connectivity index (χ1n) is 7.82. The molecule has 0 aromatic heterocycles. The van der Waals surface area contributed by atoms with E-state index < -0.39 is 0 Å². The van der Waals surface area contributed by atoms with E-state index in [0.29, 0.717) is 11.0 Å². The maximum Gasteiger partial charge on any atom is 0.0153 e. The van der Waals surface area contributed by atoms with Crippen molar-refractivity contribution in [1.82, 2.24) is 5.32 Å². The SMILES string of the molecule is CC1(NCCCC(CCN)C(C)(C)C)CCCC1. The first kappa shape index (κ1) is 16.0. The minimum Gasteiger partial charge on any atom is -0.330 e. The van der Waals surface area contributed by atoms with Gasteiger partial charge in [0.1, 0.15) is 0 Å². The highest BCUT2D eigenvalue weighted by Crippen LogP contribution is 2.32. The molecule has 1 aliphatic rings. The molecule has 0 amide bonds. The van der Waals surface area contributed by atoms with E-state index in [1.165, 1.54) is 51.5 Å². The molecule has 2 heteroatoms. The van der Waals surface area contributed by atoms with Gasteiger partial charge in [-0.05, 0) is 63.5 Å². The van der Waals surface area contributed by atoms with E-state index in [0.717, 1.165) is 12.5 Å². The fraction of sp³-hybridized carbons (Fsp3) is 1.00. The molecule has 0 aromatic rings. The van der Waals surface area contributed by atoms with E-state index >= 15 is 0 Å². The van der Waals surface area contributed by atoms with Gasteiger partial charge in [0.25, 0.3) is 0 Å². The van der Waals surface area contributed by atoms with E-state index in [-0.39, 0.29) is 0 Å². The van der Waals surface area contributed by atoms with E-state index in [9.17, 15) is 0 Å². The van der Waals surface area contributed by atoms with Crippen LogP contribution in [0.25, 0.3) is 0 Å². The monoisotopic (exact) mass is 254 g/mol. The second-order valence-corrected chi connectivity index (χ2v) is 7.48. The Morgan fingerprint density at radius 1 is 1.17 bits per heavy atom. The highest BCUT2D eigenvalue weighted by molar-refractivity contribution is 4.88. The molecule has 0 aromatic carbocycles. The van der Waals surface area contributed by atoms with Crippen LogP contribution in [0.4, 0.5) is 0 Å². The zero-order valence-electron chi connectivity index (χ0n) is 13.0. The summed E-state index contributed by atoms with van der Waals surface area (Å²) >= 11 is 0. The normalized spacial score (nSPS) is 21.2. The summed E-state index contributed by atoms with van der Waals surface area (Å²) in [4.78, 5) is 0. The number of hydrogen-bond donors (Lipinski definition) is 2. The number of hydrogen-bond acceptors (Lipinski definition) is 2. The molecule has 0 spiro atoms. The fourth-order valence-electron chi connectivity index (χ4n) is 3.28. The van der Waals surface area contributed by atoms with Crippen molar-refractivity contribution < 1.29 is 0 Å². The Kier molecular flexibility index (Phi) is 6.13. The van der Waals surface area contributed by atoms with Crippen molar-refractivity contribution in [3.8, 4) is 0 Å². The Labute approximate surface area is 114 Å². The molecular weight excluding hydrogens is 220 g/mol. The lowest BCUT2D eigenvalue weighted by atomic mass is 9.76. The predicted molar refractivity (Wildman–Crippen MR) is 80.7 cm³/mol. The highest BCUT2D eigenvalue weighted by atomic mass is 15.0. The molecule has 1 aliphatic carbocycles. The van der Waals surface area contributed by atoms with Gasteiger partial charge in [0.05, 0.1) is 0 Å². The Morgan fingerprint density at radius 3 is 2.28 bits per heavy atom. The average molecular weight is 254 g/mol. The van der Waals surface area contributed by atoms with Gasteiger partial charge in [-0.1, -0.05) is 33.6 Å². The van der Waals surface area contributed by atoms with Crippen LogP contribution in [0.2, 0.25) is 0 Å². The zero-order chi connectivity index (χ0) is 13.6. The van der Waals surface area contributed by atoms with Crippen molar-refractivity contribution in [2.75, 3.05) is 13.1 Å². The third-order valence-corrected chi connectivity index (χ3v) is 4.73. The maximum absolute atomic E-state index is 5.74. The van der Waals surface area contributed by atoms with Crippen molar-refractivity contribution in [2.45, 2.75) is 78.2 Å². The van der Waals surface area contributed by atoms with Crippen LogP contribution in [0.3, 0.4) is 0 Å². The number of nitrogens with two attached hydrogens (primary N) is 1. The van der Waals surface area contributed by atoms with Crippen LogP contribution in [0.1, 0.15) is 72.6 Å². The van der Waals surface area contributed by atoms with E-state index in [1.54, 1.807) is 0 Å². The minimum absolute atomic E-state index is 0.399. The molecule has 1 rings (SSSR count). The standard InChI is InChI=1S/C16H34N2/c1-15(2,3)14(9-12-17)8-7-13-18-16(4)10-5-6-11-16/h14,18H,5-13,17H2,1-4H3. The van der Waals surface area contributed by atoms with Crippen LogP contribution in [0.15, 0.2) is 0 Å². The molecule has 0 saturated heterocycles. The molecule has 1 atom stereocenters. The van der Waals surface area contributed by atoms with Gasteiger partial charge in [-0.2, -0.15) is 0 Å². The Hall–Kier alpha value is -0.0800. The molecule has 1 fully saturated rings. The van der Waals surface area contributed by atoms with E-state index in [4.69, 9.17) is 5.73 Å². The topological polar surface area (TPSA) is 38.0 Å². The molecule has 0 bridgehead atoms. The third-order valence-electron chi connectivity index (χ3n) is 4.73. The number of nitrogens with one attached hydrogen (secondary N) is 1. The summed E-state index contributed by atoms with van der Waals surface area (Å²) in [5.74, 6) is 0.765. The quantitative estimate of drug-likeness (QED) is 0.680. The second-order valence-electron chi connectivity index (χ2n) is 7.48. The molecule has 0 heterocycles. The molecule has 0 aliphatic heterocycles. The van der Waals surface area contributed by atoms with Gasteiger partial charge in [0.2, 0.25) is 0 Å². The van der Waals surface area contributed by atoms with Crippen LogP contribution in [0, 0.1) is 11.3 Å². The van der Waals surface area contributed by atoms with Crippen LogP contribution < -0.4 is 11.1 Å². The van der Waals surface area contributed by atoms with Crippen LogP contribution in [-0.2, 0) is 0 Å². The maximum atomic E-state index is 5.74. The Balaban J connectivity index is 2.22. The van der Waals surface area contributed by atoms with Crippen molar-refractivity contribution in [1.29, 1.82) is 0 Å². The third kappa shape index (κ3) is 5.27. The predicted octanol–water partition coefficient (Wildman–Crippen LogP) is 3.70.